The summed E-state index contributed by atoms with van der Waals surface area (Å²) in [7, 11) is 0. The second-order valence-electron chi connectivity index (χ2n) is 6.27. The summed E-state index contributed by atoms with van der Waals surface area (Å²) in [4.78, 5) is 30.5. The Bertz CT molecular complexity index is 829. The van der Waals surface area contributed by atoms with Crippen LogP contribution < -0.4 is 10.1 Å². The third kappa shape index (κ3) is 3.82. The van der Waals surface area contributed by atoms with Gasteiger partial charge in [0.1, 0.15) is 6.04 Å². The van der Waals surface area contributed by atoms with Gasteiger partial charge in [-0.05, 0) is 45.7 Å². The van der Waals surface area contributed by atoms with Gasteiger partial charge in [-0.25, -0.2) is 0 Å². The number of nitrogens with zero attached hydrogens (tertiary/aromatic N) is 2. The number of carbonyl (C=O) groups is 2. The number of benzene rings is 1. The number of thiazole rings is 1. The van der Waals surface area contributed by atoms with Gasteiger partial charge in [0.25, 0.3) is 5.91 Å². The Morgan fingerprint density at radius 3 is 2.54 bits per heavy atom. The van der Waals surface area contributed by atoms with Gasteiger partial charge in [0.2, 0.25) is 5.91 Å². The summed E-state index contributed by atoms with van der Waals surface area (Å²) in [5.74, 6) is -0.320. The van der Waals surface area contributed by atoms with Crippen LogP contribution in [0.15, 0.2) is 35.5 Å². The second-order valence-corrected chi connectivity index (χ2v) is 7.49. The molecule has 24 heavy (non-hydrogen) atoms. The van der Waals surface area contributed by atoms with Gasteiger partial charge in [0, 0.05) is 22.7 Å². The third-order valence-corrected chi connectivity index (χ3v) is 4.92. The highest BCUT2D eigenvalue weighted by Gasteiger charge is 2.26. The monoisotopic (exact) mass is 343 g/mol. The number of aromatic nitrogens is 1. The lowest BCUT2D eigenvalue weighted by molar-refractivity contribution is -0.124. The van der Waals surface area contributed by atoms with Crippen LogP contribution in [0.4, 0.5) is 0 Å². The summed E-state index contributed by atoms with van der Waals surface area (Å²) < 4.78 is 1.78. The highest BCUT2D eigenvalue weighted by atomic mass is 32.1. The van der Waals surface area contributed by atoms with Gasteiger partial charge < -0.3 is 9.88 Å². The molecule has 1 aromatic carbocycles. The molecule has 2 aromatic rings. The normalized spacial score (nSPS) is 16.0. The van der Waals surface area contributed by atoms with E-state index in [1.165, 1.54) is 11.3 Å². The molecule has 2 amide bonds. The maximum absolute atomic E-state index is 12.4. The molecule has 1 atom stereocenters. The average molecular weight is 343 g/mol. The molecule has 1 fully saturated rings. The van der Waals surface area contributed by atoms with Crippen molar-refractivity contribution in [3.8, 4) is 0 Å². The first-order chi connectivity index (χ1) is 11.4. The topological polar surface area (TPSA) is 63.5 Å². The first kappa shape index (κ1) is 16.6. The van der Waals surface area contributed by atoms with E-state index in [1.54, 1.807) is 16.7 Å². The van der Waals surface area contributed by atoms with Gasteiger partial charge >= 0.3 is 0 Å². The molecule has 1 aliphatic rings. The fourth-order valence-electron chi connectivity index (χ4n) is 2.36. The summed E-state index contributed by atoms with van der Waals surface area (Å²) in [5.41, 5.74) is 1.65. The van der Waals surface area contributed by atoms with Crippen LogP contribution in [0.1, 0.15) is 46.6 Å². The van der Waals surface area contributed by atoms with Crippen molar-refractivity contribution in [2.75, 3.05) is 0 Å². The number of aryl methyl sites for hydroxylation is 2. The predicted octanol–water partition coefficient (Wildman–Crippen LogP) is 2.75. The van der Waals surface area contributed by atoms with Crippen LogP contribution in [0.3, 0.4) is 0 Å². The van der Waals surface area contributed by atoms with Crippen molar-refractivity contribution in [1.82, 2.24) is 9.88 Å². The second kappa shape index (κ2) is 6.73. The van der Waals surface area contributed by atoms with Gasteiger partial charge in [0.05, 0.1) is 0 Å². The number of hydrogen-bond acceptors (Lipinski definition) is 3. The Morgan fingerprint density at radius 2 is 1.92 bits per heavy atom. The molecule has 126 valence electrons. The largest absolute Gasteiger partial charge is 0.352 e. The van der Waals surface area contributed by atoms with Crippen molar-refractivity contribution in [2.45, 2.75) is 45.7 Å². The van der Waals surface area contributed by atoms with Crippen LogP contribution in [-0.2, 0) is 4.79 Å². The summed E-state index contributed by atoms with van der Waals surface area (Å²) in [6.45, 7) is 5.75. The van der Waals surface area contributed by atoms with Gasteiger partial charge in [-0.1, -0.05) is 17.7 Å². The van der Waals surface area contributed by atoms with E-state index in [4.69, 9.17) is 0 Å². The molecule has 1 N–H and O–H groups in total. The summed E-state index contributed by atoms with van der Waals surface area (Å²) in [6.07, 6.45) is 3.98. The van der Waals surface area contributed by atoms with Crippen LogP contribution in [0, 0.1) is 13.8 Å². The minimum atomic E-state index is -0.389. The fraction of sp³-hybridized carbons (Fsp3) is 0.389. The van der Waals surface area contributed by atoms with E-state index in [-0.39, 0.29) is 17.9 Å². The molecule has 1 unspecified atom stereocenters. The van der Waals surface area contributed by atoms with Crippen molar-refractivity contribution < 1.29 is 9.59 Å². The van der Waals surface area contributed by atoms with Crippen molar-refractivity contribution in [1.29, 1.82) is 0 Å². The predicted molar refractivity (Wildman–Crippen MR) is 94.0 cm³/mol. The van der Waals surface area contributed by atoms with E-state index < -0.39 is 0 Å². The molecule has 1 saturated carbocycles. The van der Waals surface area contributed by atoms with Crippen molar-refractivity contribution >= 4 is 23.2 Å². The van der Waals surface area contributed by atoms with Gasteiger partial charge in [-0.2, -0.15) is 4.99 Å². The highest BCUT2D eigenvalue weighted by molar-refractivity contribution is 7.09. The van der Waals surface area contributed by atoms with Crippen LogP contribution in [0.2, 0.25) is 0 Å². The van der Waals surface area contributed by atoms with E-state index >= 15 is 0 Å². The zero-order chi connectivity index (χ0) is 17.3. The Kier molecular flexibility index (Phi) is 4.66. The van der Waals surface area contributed by atoms with Crippen molar-refractivity contribution in [2.24, 2.45) is 4.99 Å². The van der Waals surface area contributed by atoms with Gasteiger partial charge in [-0.15, -0.1) is 11.3 Å². The molecule has 0 aliphatic heterocycles. The van der Waals surface area contributed by atoms with E-state index in [0.29, 0.717) is 16.4 Å². The number of nitrogens with one attached hydrogen (secondary N) is 1. The number of carbonyl (C=O) groups excluding carboxylic acids is 2. The summed E-state index contributed by atoms with van der Waals surface area (Å²) >= 11 is 1.42. The lowest BCUT2D eigenvalue weighted by atomic mass is 10.1. The summed E-state index contributed by atoms with van der Waals surface area (Å²) in [6, 6.07) is 7.25. The SMILES string of the molecule is Cc1ccc(C(=O)N=c2sc(C)cn2C(C)C(=O)NC2CC2)cc1. The van der Waals surface area contributed by atoms with Crippen LogP contribution >= 0.6 is 11.3 Å². The fourth-order valence-corrected chi connectivity index (χ4v) is 3.25. The lowest BCUT2D eigenvalue weighted by Crippen LogP contribution is -2.35. The summed E-state index contributed by atoms with van der Waals surface area (Å²) in [5, 5.41) is 3.00. The highest BCUT2D eigenvalue weighted by Crippen LogP contribution is 2.20. The van der Waals surface area contributed by atoms with Gasteiger partial charge in [0.15, 0.2) is 4.80 Å². The van der Waals surface area contributed by atoms with Crippen LogP contribution in [-0.4, -0.2) is 22.4 Å². The number of amides is 2. The van der Waals surface area contributed by atoms with E-state index in [1.807, 2.05) is 39.1 Å². The number of hydrogen-bond donors (Lipinski definition) is 1. The third-order valence-electron chi connectivity index (χ3n) is 4.01. The van der Waals surface area contributed by atoms with E-state index in [9.17, 15) is 9.59 Å². The van der Waals surface area contributed by atoms with Crippen LogP contribution in [0.25, 0.3) is 0 Å². The Balaban J connectivity index is 1.88. The smallest absolute Gasteiger partial charge is 0.279 e. The standard InChI is InChI=1S/C18H21N3O2S/c1-11-4-6-14(7-5-11)17(23)20-18-21(10-12(2)24-18)13(3)16(22)19-15-8-9-15/h4-7,10,13,15H,8-9H2,1-3H3,(H,19,22). The molecule has 0 radical (unpaired) electrons. The zero-order valence-corrected chi connectivity index (χ0v) is 14.9. The Morgan fingerprint density at radius 1 is 1.25 bits per heavy atom. The quantitative estimate of drug-likeness (QED) is 0.928. The van der Waals surface area contributed by atoms with E-state index in [0.717, 1.165) is 23.3 Å². The molecule has 3 rings (SSSR count). The van der Waals surface area contributed by atoms with E-state index in [2.05, 4.69) is 10.3 Å². The molecule has 1 aliphatic carbocycles. The molecule has 6 heteroatoms. The first-order valence-corrected chi connectivity index (χ1v) is 8.90. The first-order valence-electron chi connectivity index (χ1n) is 8.08. The average Bonchev–Trinajstić information content (AvgIpc) is 3.28. The molecule has 5 nitrogen and oxygen atoms in total. The Labute approximate surface area is 145 Å². The van der Waals surface area contributed by atoms with Crippen LogP contribution in [0.5, 0.6) is 0 Å². The molecule has 1 aromatic heterocycles. The molecule has 0 saturated heterocycles. The van der Waals surface area contributed by atoms with Crippen molar-refractivity contribution in [3.63, 3.8) is 0 Å². The minimum Gasteiger partial charge on any atom is -0.352 e. The molecular formula is C18H21N3O2S. The molecular weight excluding hydrogens is 322 g/mol. The lowest BCUT2D eigenvalue weighted by Gasteiger charge is -2.13. The number of rotatable bonds is 4. The molecule has 1 heterocycles. The van der Waals surface area contributed by atoms with Gasteiger partial charge in [-0.3, -0.25) is 9.59 Å². The molecule has 0 spiro atoms. The van der Waals surface area contributed by atoms with Crippen molar-refractivity contribution in [3.05, 3.63) is 51.3 Å². The Hall–Kier alpha value is -2.21. The minimum absolute atomic E-state index is 0.0282. The maximum Gasteiger partial charge on any atom is 0.279 e. The molecule has 0 bridgehead atoms. The zero-order valence-electron chi connectivity index (χ0n) is 14.1. The maximum atomic E-state index is 12.4.